The number of aryl methyl sites for hydroxylation is 2. The van der Waals surface area contributed by atoms with E-state index in [1.54, 1.807) is 7.11 Å². The quantitative estimate of drug-likeness (QED) is 0.730. The lowest BCUT2D eigenvalue weighted by atomic mass is 9.87. The summed E-state index contributed by atoms with van der Waals surface area (Å²) in [5.41, 5.74) is 5.55. The number of methoxy groups -OCH3 is 1. The molecule has 2 aromatic carbocycles. The van der Waals surface area contributed by atoms with Gasteiger partial charge in [-0.15, -0.1) is 0 Å². The molecule has 2 rings (SSSR count). The van der Waals surface area contributed by atoms with E-state index in [4.69, 9.17) is 17.0 Å². The summed E-state index contributed by atoms with van der Waals surface area (Å²) < 4.78 is 5.45. The molecule has 2 aromatic rings. The Balaban J connectivity index is 2.21. The van der Waals surface area contributed by atoms with Crippen molar-refractivity contribution >= 4 is 28.7 Å². The zero-order chi connectivity index (χ0) is 17.9. The topological polar surface area (TPSA) is 33.3 Å². The van der Waals surface area contributed by atoms with Crippen LogP contribution in [0.4, 0.5) is 11.4 Å². The molecule has 2 N–H and O–H groups in total. The molecule has 0 aliphatic carbocycles. The average molecular weight is 343 g/mol. The van der Waals surface area contributed by atoms with Crippen molar-refractivity contribution in [2.24, 2.45) is 0 Å². The van der Waals surface area contributed by atoms with E-state index in [1.165, 1.54) is 11.1 Å². The maximum Gasteiger partial charge on any atom is 0.175 e. The average Bonchev–Trinajstić information content (AvgIpc) is 2.49. The molecule has 0 saturated heterocycles. The number of nitrogens with one attached hydrogen (secondary N) is 2. The first kappa shape index (κ1) is 18.3. The second kappa shape index (κ2) is 7.22. The third kappa shape index (κ3) is 4.48. The summed E-state index contributed by atoms with van der Waals surface area (Å²) in [6, 6.07) is 12.4. The molecule has 0 radical (unpaired) electrons. The molecule has 0 aliphatic rings. The standard InChI is InChI=1S/C20H26N2OS/c1-13-7-9-16(14(2)11-13)21-19(24)22-17-12-15(20(3,4)5)8-10-18(17)23-6/h7-12H,1-6H3,(H2,21,22,24). The van der Waals surface area contributed by atoms with Crippen LogP contribution in [0, 0.1) is 13.8 Å². The normalized spacial score (nSPS) is 11.1. The molecule has 0 atom stereocenters. The summed E-state index contributed by atoms with van der Waals surface area (Å²) >= 11 is 5.48. The molecule has 4 heteroatoms. The molecule has 0 amide bonds. The van der Waals surface area contributed by atoms with Crippen molar-refractivity contribution in [2.75, 3.05) is 17.7 Å². The van der Waals surface area contributed by atoms with Gasteiger partial charge in [-0.25, -0.2) is 0 Å². The van der Waals surface area contributed by atoms with Crippen molar-refractivity contribution in [3.63, 3.8) is 0 Å². The fourth-order valence-electron chi connectivity index (χ4n) is 2.50. The highest BCUT2D eigenvalue weighted by Crippen LogP contribution is 2.31. The molecule has 0 heterocycles. The number of ether oxygens (including phenoxy) is 1. The van der Waals surface area contributed by atoms with E-state index in [1.807, 2.05) is 12.1 Å². The molecule has 0 aromatic heterocycles. The Morgan fingerprint density at radius 2 is 1.62 bits per heavy atom. The monoisotopic (exact) mass is 342 g/mol. The van der Waals surface area contributed by atoms with Gasteiger partial charge in [-0.2, -0.15) is 0 Å². The molecule has 0 unspecified atom stereocenters. The predicted octanol–water partition coefficient (Wildman–Crippen LogP) is 5.42. The van der Waals surface area contributed by atoms with Gasteiger partial charge in [-0.1, -0.05) is 44.5 Å². The van der Waals surface area contributed by atoms with Crippen LogP contribution in [0.15, 0.2) is 36.4 Å². The van der Waals surface area contributed by atoms with Crippen molar-refractivity contribution in [1.29, 1.82) is 0 Å². The minimum absolute atomic E-state index is 0.0608. The van der Waals surface area contributed by atoms with Gasteiger partial charge in [0, 0.05) is 5.69 Å². The van der Waals surface area contributed by atoms with Crippen LogP contribution in [0.1, 0.15) is 37.5 Å². The highest BCUT2D eigenvalue weighted by Gasteiger charge is 2.16. The molecule has 24 heavy (non-hydrogen) atoms. The van der Waals surface area contributed by atoms with Crippen LogP contribution in [0.3, 0.4) is 0 Å². The van der Waals surface area contributed by atoms with Crippen molar-refractivity contribution in [3.8, 4) is 5.75 Å². The summed E-state index contributed by atoms with van der Waals surface area (Å²) in [7, 11) is 1.66. The molecule has 128 valence electrons. The third-order valence-electron chi connectivity index (χ3n) is 3.94. The van der Waals surface area contributed by atoms with Crippen LogP contribution in [0.2, 0.25) is 0 Å². The van der Waals surface area contributed by atoms with E-state index < -0.39 is 0 Å². The van der Waals surface area contributed by atoms with Crippen LogP contribution in [-0.4, -0.2) is 12.2 Å². The zero-order valence-electron chi connectivity index (χ0n) is 15.3. The summed E-state index contributed by atoms with van der Waals surface area (Å²) in [6.07, 6.45) is 0. The van der Waals surface area contributed by atoms with Gasteiger partial charge >= 0.3 is 0 Å². The largest absolute Gasteiger partial charge is 0.495 e. The van der Waals surface area contributed by atoms with Crippen LogP contribution in [-0.2, 0) is 5.41 Å². The SMILES string of the molecule is COc1ccc(C(C)(C)C)cc1NC(=S)Nc1ccc(C)cc1C. The molecule has 0 saturated carbocycles. The van der Waals surface area contributed by atoms with Gasteiger partial charge in [0.25, 0.3) is 0 Å². The van der Waals surface area contributed by atoms with E-state index in [-0.39, 0.29) is 5.41 Å². The first-order chi connectivity index (χ1) is 11.2. The fourth-order valence-corrected chi connectivity index (χ4v) is 2.72. The smallest absolute Gasteiger partial charge is 0.175 e. The number of benzene rings is 2. The zero-order valence-corrected chi connectivity index (χ0v) is 16.1. The minimum atomic E-state index is 0.0608. The van der Waals surface area contributed by atoms with E-state index in [9.17, 15) is 0 Å². The van der Waals surface area contributed by atoms with E-state index in [2.05, 4.69) is 69.5 Å². The lowest BCUT2D eigenvalue weighted by Gasteiger charge is -2.22. The van der Waals surface area contributed by atoms with Crippen molar-refractivity contribution in [1.82, 2.24) is 0 Å². The van der Waals surface area contributed by atoms with Crippen molar-refractivity contribution in [3.05, 3.63) is 53.1 Å². The summed E-state index contributed by atoms with van der Waals surface area (Å²) in [5, 5.41) is 7.07. The van der Waals surface area contributed by atoms with Crippen LogP contribution in [0.5, 0.6) is 5.75 Å². The Kier molecular flexibility index (Phi) is 5.50. The second-order valence-electron chi connectivity index (χ2n) is 7.06. The molecular formula is C20H26N2OS. The van der Waals surface area contributed by atoms with Gasteiger partial charge in [0.1, 0.15) is 5.75 Å². The van der Waals surface area contributed by atoms with E-state index in [0.717, 1.165) is 22.7 Å². The number of anilines is 2. The van der Waals surface area contributed by atoms with Crippen LogP contribution < -0.4 is 15.4 Å². The van der Waals surface area contributed by atoms with Crippen molar-refractivity contribution < 1.29 is 4.74 Å². The first-order valence-corrected chi connectivity index (χ1v) is 8.45. The molecule has 0 bridgehead atoms. The Morgan fingerprint density at radius 1 is 0.958 bits per heavy atom. The maximum atomic E-state index is 5.48. The molecule has 0 aliphatic heterocycles. The van der Waals surface area contributed by atoms with E-state index in [0.29, 0.717) is 5.11 Å². The lowest BCUT2D eigenvalue weighted by Crippen LogP contribution is -2.21. The van der Waals surface area contributed by atoms with Gasteiger partial charge < -0.3 is 15.4 Å². The summed E-state index contributed by atoms with van der Waals surface area (Å²) in [4.78, 5) is 0. The Labute approximate surface area is 150 Å². The number of hydrogen-bond donors (Lipinski definition) is 2. The molecule has 3 nitrogen and oxygen atoms in total. The highest BCUT2D eigenvalue weighted by molar-refractivity contribution is 7.80. The first-order valence-electron chi connectivity index (χ1n) is 8.04. The summed E-state index contributed by atoms with van der Waals surface area (Å²) in [5.74, 6) is 0.771. The number of rotatable bonds is 3. The van der Waals surface area contributed by atoms with E-state index >= 15 is 0 Å². The van der Waals surface area contributed by atoms with Gasteiger partial charge in [-0.05, 0) is 60.8 Å². The Hall–Kier alpha value is -2.07. The van der Waals surface area contributed by atoms with Crippen molar-refractivity contribution in [2.45, 2.75) is 40.0 Å². The summed E-state index contributed by atoms with van der Waals surface area (Å²) in [6.45, 7) is 10.7. The number of hydrogen-bond acceptors (Lipinski definition) is 2. The second-order valence-corrected chi connectivity index (χ2v) is 7.47. The van der Waals surface area contributed by atoms with Crippen LogP contribution >= 0.6 is 12.2 Å². The maximum absolute atomic E-state index is 5.48. The molecule has 0 fully saturated rings. The minimum Gasteiger partial charge on any atom is -0.495 e. The lowest BCUT2D eigenvalue weighted by molar-refractivity contribution is 0.416. The molecular weight excluding hydrogens is 316 g/mol. The Morgan fingerprint density at radius 3 is 2.21 bits per heavy atom. The highest BCUT2D eigenvalue weighted by atomic mass is 32.1. The fraction of sp³-hybridized carbons (Fsp3) is 0.350. The van der Waals surface area contributed by atoms with Gasteiger partial charge in [0.05, 0.1) is 12.8 Å². The molecule has 0 spiro atoms. The van der Waals surface area contributed by atoms with Gasteiger partial charge in [0.2, 0.25) is 0 Å². The van der Waals surface area contributed by atoms with Gasteiger partial charge in [-0.3, -0.25) is 0 Å². The van der Waals surface area contributed by atoms with Gasteiger partial charge in [0.15, 0.2) is 5.11 Å². The predicted molar refractivity (Wildman–Crippen MR) is 107 cm³/mol. The van der Waals surface area contributed by atoms with Crippen LogP contribution in [0.25, 0.3) is 0 Å². The Bertz CT molecular complexity index is 748. The third-order valence-corrected chi connectivity index (χ3v) is 4.15. The number of thiocarbonyl (C=S) groups is 1.